The number of carbonyl (C=O) groups excluding carboxylic acids is 1. The van der Waals surface area contributed by atoms with Gasteiger partial charge in [0.1, 0.15) is 5.82 Å². The van der Waals surface area contributed by atoms with Crippen molar-refractivity contribution >= 4 is 11.9 Å². The lowest BCUT2D eigenvalue weighted by atomic mass is 9.68. The van der Waals surface area contributed by atoms with Crippen molar-refractivity contribution in [1.29, 1.82) is 0 Å². The molecule has 0 saturated heterocycles. The van der Waals surface area contributed by atoms with Crippen LogP contribution in [-0.2, 0) is 19.7 Å². The summed E-state index contributed by atoms with van der Waals surface area (Å²) in [6, 6.07) is 5.54. The van der Waals surface area contributed by atoms with Gasteiger partial charge in [0, 0.05) is 5.56 Å². The van der Waals surface area contributed by atoms with Gasteiger partial charge in [-0.2, -0.15) is 0 Å². The van der Waals surface area contributed by atoms with Crippen LogP contribution in [0.4, 0.5) is 4.39 Å². The molecule has 1 unspecified atom stereocenters. The fourth-order valence-electron chi connectivity index (χ4n) is 2.78. The molecule has 2 rings (SSSR count). The van der Waals surface area contributed by atoms with Gasteiger partial charge in [-0.1, -0.05) is 37.5 Å². The Bertz CT molecular complexity index is 539. The van der Waals surface area contributed by atoms with E-state index in [2.05, 4.69) is 0 Å². The van der Waals surface area contributed by atoms with E-state index in [1.807, 2.05) is 0 Å². The quantitative estimate of drug-likeness (QED) is 0.647. The lowest BCUT2D eigenvalue weighted by Gasteiger charge is -2.35. The summed E-state index contributed by atoms with van der Waals surface area (Å²) in [6.07, 6.45) is 2.83. The SMILES string of the molecule is CCOC(=O)C(CC1CCC1)(C(=O)O)c1ccccc1F. The van der Waals surface area contributed by atoms with Gasteiger partial charge >= 0.3 is 11.9 Å². The number of hydrogen-bond acceptors (Lipinski definition) is 3. The van der Waals surface area contributed by atoms with Crippen LogP contribution in [0.1, 0.15) is 38.2 Å². The van der Waals surface area contributed by atoms with Crippen LogP contribution < -0.4 is 0 Å². The first-order valence-electron chi connectivity index (χ1n) is 7.18. The Morgan fingerprint density at radius 3 is 2.52 bits per heavy atom. The van der Waals surface area contributed by atoms with Gasteiger partial charge in [0.25, 0.3) is 0 Å². The van der Waals surface area contributed by atoms with E-state index in [1.165, 1.54) is 24.3 Å². The monoisotopic (exact) mass is 294 g/mol. The maximum absolute atomic E-state index is 14.1. The first-order chi connectivity index (χ1) is 10.0. The summed E-state index contributed by atoms with van der Waals surface area (Å²) in [7, 11) is 0. The van der Waals surface area contributed by atoms with Crippen molar-refractivity contribution in [3.63, 3.8) is 0 Å². The molecule has 5 heteroatoms. The highest BCUT2D eigenvalue weighted by Crippen LogP contribution is 2.41. The zero-order chi connectivity index (χ0) is 15.5. The number of carboxylic acids is 1. The van der Waals surface area contributed by atoms with E-state index in [0.29, 0.717) is 0 Å². The summed E-state index contributed by atoms with van der Waals surface area (Å²) in [5, 5.41) is 9.70. The summed E-state index contributed by atoms with van der Waals surface area (Å²) in [5.41, 5.74) is -2.06. The lowest BCUT2D eigenvalue weighted by Crippen LogP contribution is -2.47. The van der Waals surface area contributed by atoms with Crippen LogP contribution in [-0.4, -0.2) is 23.7 Å². The fraction of sp³-hybridized carbons (Fsp3) is 0.500. The molecule has 4 nitrogen and oxygen atoms in total. The van der Waals surface area contributed by atoms with Gasteiger partial charge in [-0.25, -0.2) is 4.39 Å². The van der Waals surface area contributed by atoms with Crippen molar-refractivity contribution in [2.24, 2.45) is 5.92 Å². The maximum Gasteiger partial charge on any atom is 0.328 e. The molecule has 0 aliphatic heterocycles. The molecule has 0 radical (unpaired) electrons. The molecule has 0 amide bonds. The minimum Gasteiger partial charge on any atom is -0.480 e. The second-order valence-corrected chi connectivity index (χ2v) is 5.41. The number of carboxylic acid groups (broad SMARTS) is 1. The average Bonchev–Trinajstić information content (AvgIpc) is 2.39. The molecule has 0 bridgehead atoms. The molecule has 1 aliphatic rings. The minimum absolute atomic E-state index is 0.0625. The standard InChI is InChI=1S/C16H19FO4/c1-2-21-15(20)16(14(18)19,10-11-6-5-7-11)12-8-3-4-9-13(12)17/h3-4,8-9,11H,2,5-7,10H2,1H3,(H,18,19). The molecule has 1 atom stereocenters. The second kappa shape index (κ2) is 6.24. The molecule has 0 spiro atoms. The van der Waals surface area contributed by atoms with Gasteiger partial charge in [-0.05, 0) is 25.3 Å². The molecular formula is C16H19FO4. The maximum atomic E-state index is 14.1. The van der Waals surface area contributed by atoms with Gasteiger partial charge in [0.05, 0.1) is 6.61 Å². The summed E-state index contributed by atoms with van der Waals surface area (Å²) in [4.78, 5) is 24.3. The Morgan fingerprint density at radius 2 is 2.05 bits per heavy atom. The van der Waals surface area contributed by atoms with Crippen LogP contribution in [0.25, 0.3) is 0 Å². The highest BCUT2D eigenvalue weighted by molar-refractivity contribution is 6.05. The smallest absolute Gasteiger partial charge is 0.328 e. The number of hydrogen-bond donors (Lipinski definition) is 1. The van der Waals surface area contributed by atoms with Crippen LogP contribution in [0.2, 0.25) is 0 Å². The molecule has 1 N–H and O–H groups in total. The number of halogens is 1. The van der Waals surface area contributed by atoms with Crippen molar-refractivity contribution in [3.05, 3.63) is 35.6 Å². The molecule has 1 aromatic carbocycles. The Kier molecular flexibility index (Phi) is 4.60. The van der Waals surface area contributed by atoms with Crippen LogP contribution in [0.15, 0.2) is 24.3 Å². The van der Waals surface area contributed by atoms with Gasteiger partial charge < -0.3 is 9.84 Å². The zero-order valence-electron chi connectivity index (χ0n) is 12.0. The number of benzene rings is 1. The van der Waals surface area contributed by atoms with E-state index in [1.54, 1.807) is 6.92 Å². The highest BCUT2D eigenvalue weighted by Gasteiger charge is 2.52. The van der Waals surface area contributed by atoms with Crippen molar-refractivity contribution in [1.82, 2.24) is 0 Å². The predicted octanol–water partition coefficient (Wildman–Crippen LogP) is 2.90. The number of esters is 1. The first-order valence-corrected chi connectivity index (χ1v) is 7.18. The van der Waals surface area contributed by atoms with Crippen molar-refractivity contribution < 1.29 is 23.8 Å². The number of rotatable bonds is 6. The summed E-state index contributed by atoms with van der Waals surface area (Å²) in [6.45, 7) is 1.67. The lowest BCUT2D eigenvalue weighted by molar-refractivity contribution is -0.163. The van der Waals surface area contributed by atoms with Crippen LogP contribution >= 0.6 is 0 Å². The van der Waals surface area contributed by atoms with E-state index in [-0.39, 0.29) is 24.5 Å². The summed E-state index contributed by atoms with van der Waals surface area (Å²) in [5.74, 6) is -2.80. The van der Waals surface area contributed by atoms with Gasteiger partial charge in [-0.3, -0.25) is 9.59 Å². The largest absolute Gasteiger partial charge is 0.480 e. The summed E-state index contributed by atoms with van der Waals surface area (Å²) >= 11 is 0. The van der Waals surface area contributed by atoms with E-state index < -0.39 is 23.2 Å². The first kappa shape index (κ1) is 15.5. The third-order valence-corrected chi connectivity index (χ3v) is 4.14. The normalized spacial score (nSPS) is 17.6. The third kappa shape index (κ3) is 2.77. The van der Waals surface area contributed by atoms with Crippen molar-refractivity contribution in [2.45, 2.75) is 38.0 Å². The molecule has 114 valence electrons. The molecule has 0 aromatic heterocycles. The molecule has 1 aliphatic carbocycles. The molecule has 1 fully saturated rings. The number of carbonyl (C=O) groups is 2. The van der Waals surface area contributed by atoms with Gasteiger partial charge in [0.15, 0.2) is 5.41 Å². The van der Waals surface area contributed by atoms with Crippen molar-refractivity contribution in [2.75, 3.05) is 6.61 Å². The van der Waals surface area contributed by atoms with Gasteiger partial charge in [-0.15, -0.1) is 0 Å². The predicted molar refractivity (Wildman–Crippen MR) is 74.3 cm³/mol. The van der Waals surface area contributed by atoms with Crippen molar-refractivity contribution in [3.8, 4) is 0 Å². The molecule has 1 saturated carbocycles. The van der Waals surface area contributed by atoms with E-state index in [0.717, 1.165) is 19.3 Å². The average molecular weight is 294 g/mol. The Balaban J connectivity index is 2.51. The Labute approximate surface area is 122 Å². The third-order valence-electron chi connectivity index (χ3n) is 4.14. The van der Waals surface area contributed by atoms with Crippen LogP contribution in [0, 0.1) is 11.7 Å². The van der Waals surface area contributed by atoms with Gasteiger partial charge in [0.2, 0.25) is 0 Å². The fourth-order valence-corrected chi connectivity index (χ4v) is 2.78. The number of ether oxygens (including phenoxy) is 1. The zero-order valence-corrected chi connectivity index (χ0v) is 12.0. The minimum atomic E-state index is -1.95. The second-order valence-electron chi connectivity index (χ2n) is 5.41. The molecule has 1 aromatic rings. The Hall–Kier alpha value is -1.91. The number of aliphatic carboxylic acids is 1. The van der Waals surface area contributed by atoms with E-state index in [9.17, 15) is 19.1 Å². The van der Waals surface area contributed by atoms with Crippen LogP contribution in [0.3, 0.4) is 0 Å². The Morgan fingerprint density at radius 1 is 1.38 bits per heavy atom. The van der Waals surface area contributed by atoms with E-state index in [4.69, 9.17) is 4.74 Å². The summed E-state index contributed by atoms with van der Waals surface area (Å²) < 4.78 is 19.1. The highest BCUT2D eigenvalue weighted by atomic mass is 19.1. The molecule has 21 heavy (non-hydrogen) atoms. The topological polar surface area (TPSA) is 63.6 Å². The van der Waals surface area contributed by atoms with E-state index >= 15 is 0 Å². The molecular weight excluding hydrogens is 275 g/mol. The molecule has 0 heterocycles. The van der Waals surface area contributed by atoms with Crippen LogP contribution in [0.5, 0.6) is 0 Å².